The van der Waals surface area contributed by atoms with E-state index in [-0.39, 0.29) is 6.61 Å². The van der Waals surface area contributed by atoms with Crippen LogP contribution >= 0.6 is 11.6 Å². The van der Waals surface area contributed by atoms with E-state index in [1.807, 2.05) is 12.1 Å². The first kappa shape index (κ1) is 11.5. The molecule has 0 aliphatic heterocycles. The summed E-state index contributed by atoms with van der Waals surface area (Å²) in [4.78, 5) is 0. The van der Waals surface area contributed by atoms with Gasteiger partial charge < -0.3 is 0 Å². The van der Waals surface area contributed by atoms with Gasteiger partial charge >= 0.3 is 0 Å². The van der Waals surface area contributed by atoms with Crippen molar-refractivity contribution in [1.29, 1.82) is 0 Å². The third-order valence-electron chi connectivity index (χ3n) is 1.60. The van der Waals surface area contributed by atoms with E-state index >= 15 is 0 Å². The van der Waals surface area contributed by atoms with E-state index in [0.717, 1.165) is 11.8 Å². The average molecular weight is 235 g/mol. The molecule has 0 N–H and O–H groups in total. The van der Waals surface area contributed by atoms with Crippen molar-refractivity contribution in [3.63, 3.8) is 0 Å². The van der Waals surface area contributed by atoms with Crippen LogP contribution in [0.15, 0.2) is 24.3 Å². The third kappa shape index (κ3) is 4.60. The summed E-state index contributed by atoms with van der Waals surface area (Å²) in [7, 11) is -3.33. The van der Waals surface area contributed by atoms with Gasteiger partial charge in [0.2, 0.25) is 0 Å². The summed E-state index contributed by atoms with van der Waals surface area (Å²) < 4.78 is 25.9. The largest absolute Gasteiger partial charge is 0.270 e. The molecule has 14 heavy (non-hydrogen) atoms. The van der Waals surface area contributed by atoms with Crippen LogP contribution in [0.5, 0.6) is 0 Å². The summed E-state index contributed by atoms with van der Waals surface area (Å²) in [5.74, 6) is 0. The maximum atomic E-state index is 10.6. The van der Waals surface area contributed by atoms with Gasteiger partial charge in [-0.3, -0.25) is 4.18 Å². The lowest BCUT2D eigenvalue weighted by Gasteiger charge is -2.01. The van der Waals surface area contributed by atoms with Gasteiger partial charge in [-0.25, -0.2) is 0 Å². The molecule has 0 aliphatic carbocycles. The molecule has 1 rings (SSSR count). The zero-order chi connectivity index (χ0) is 10.6. The molecular weight excluding hydrogens is 224 g/mol. The van der Waals surface area contributed by atoms with Crippen LogP contribution in [-0.2, 0) is 20.7 Å². The lowest BCUT2D eigenvalue weighted by molar-refractivity contribution is 0.326. The second-order valence-electron chi connectivity index (χ2n) is 2.90. The van der Waals surface area contributed by atoms with Gasteiger partial charge in [0.05, 0.1) is 12.9 Å². The Labute approximate surface area is 88.8 Å². The molecule has 0 aromatic heterocycles. The zero-order valence-electron chi connectivity index (χ0n) is 7.73. The maximum Gasteiger partial charge on any atom is 0.264 e. The number of rotatable bonds is 4. The molecule has 0 saturated carbocycles. The SMILES string of the molecule is CS(=O)(=O)OCCc1ccc(Cl)cc1. The smallest absolute Gasteiger partial charge is 0.264 e. The standard InChI is InChI=1S/C9H11ClO3S/c1-14(11,12)13-7-6-8-2-4-9(10)5-3-8/h2-5H,6-7H2,1H3. The van der Waals surface area contributed by atoms with Gasteiger partial charge in [0.25, 0.3) is 10.1 Å². The van der Waals surface area contributed by atoms with E-state index in [9.17, 15) is 8.42 Å². The molecule has 0 bridgehead atoms. The van der Waals surface area contributed by atoms with E-state index in [2.05, 4.69) is 4.18 Å². The molecule has 0 atom stereocenters. The fourth-order valence-electron chi connectivity index (χ4n) is 0.962. The van der Waals surface area contributed by atoms with Crippen molar-refractivity contribution in [1.82, 2.24) is 0 Å². The Hall–Kier alpha value is -0.580. The van der Waals surface area contributed by atoms with Crippen LogP contribution in [-0.4, -0.2) is 21.3 Å². The van der Waals surface area contributed by atoms with Gasteiger partial charge in [-0.15, -0.1) is 0 Å². The normalized spacial score (nSPS) is 11.6. The minimum atomic E-state index is -3.33. The minimum absolute atomic E-state index is 0.167. The van der Waals surface area contributed by atoms with E-state index in [1.165, 1.54) is 0 Å². The minimum Gasteiger partial charge on any atom is -0.270 e. The van der Waals surface area contributed by atoms with Crippen molar-refractivity contribution in [3.05, 3.63) is 34.9 Å². The summed E-state index contributed by atoms with van der Waals surface area (Å²) in [5, 5.41) is 0.665. The van der Waals surface area contributed by atoms with Crippen LogP contribution < -0.4 is 0 Å². The van der Waals surface area contributed by atoms with Gasteiger partial charge in [0.15, 0.2) is 0 Å². The van der Waals surface area contributed by atoms with Crippen molar-refractivity contribution in [2.75, 3.05) is 12.9 Å². The van der Waals surface area contributed by atoms with E-state index < -0.39 is 10.1 Å². The molecule has 0 heterocycles. The Balaban J connectivity index is 2.43. The predicted molar refractivity (Wildman–Crippen MR) is 56.0 cm³/mol. The van der Waals surface area contributed by atoms with Gasteiger partial charge in [-0.2, -0.15) is 8.42 Å². The summed E-state index contributed by atoms with van der Waals surface area (Å²) in [5.41, 5.74) is 0.998. The van der Waals surface area contributed by atoms with Gasteiger partial charge in [-0.05, 0) is 24.1 Å². The van der Waals surface area contributed by atoms with Crippen molar-refractivity contribution >= 4 is 21.7 Å². The second kappa shape index (κ2) is 4.77. The molecule has 0 fully saturated rings. The van der Waals surface area contributed by atoms with Crippen molar-refractivity contribution < 1.29 is 12.6 Å². The molecule has 0 spiro atoms. The first-order chi connectivity index (χ1) is 6.47. The predicted octanol–water partition coefficient (Wildman–Crippen LogP) is 1.86. The third-order valence-corrected chi connectivity index (χ3v) is 2.45. The van der Waals surface area contributed by atoms with Crippen LogP contribution in [0.4, 0.5) is 0 Å². The monoisotopic (exact) mass is 234 g/mol. The average Bonchev–Trinajstić information content (AvgIpc) is 2.06. The molecule has 1 aromatic carbocycles. The fraction of sp³-hybridized carbons (Fsp3) is 0.333. The highest BCUT2D eigenvalue weighted by molar-refractivity contribution is 7.85. The number of benzene rings is 1. The van der Waals surface area contributed by atoms with Crippen LogP contribution in [0.3, 0.4) is 0 Å². The van der Waals surface area contributed by atoms with Crippen molar-refractivity contribution in [3.8, 4) is 0 Å². The molecule has 0 saturated heterocycles. The topological polar surface area (TPSA) is 43.4 Å². The van der Waals surface area contributed by atoms with E-state index in [0.29, 0.717) is 11.4 Å². The van der Waals surface area contributed by atoms with Crippen LogP contribution in [0, 0.1) is 0 Å². The van der Waals surface area contributed by atoms with Crippen LogP contribution in [0.1, 0.15) is 5.56 Å². The summed E-state index contributed by atoms with van der Waals surface area (Å²) in [6.45, 7) is 0.167. The highest BCUT2D eigenvalue weighted by Gasteiger charge is 2.01. The Morgan fingerprint density at radius 3 is 2.36 bits per heavy atom. The Morgan fingerprint density at radius 1 is 1.29 bits per heavy atom. The zero-order valence-corrected chi connectivity index (χ0v) is 9.31. The summed E-state index contributed by atoms with van der Waals surface area (Å²) in [6.07, 6.45) is 1.60. The van der Waals surface area contributed by atoms with Crippen LogP contribution in [0.2, 0.25) is 5.02 Å². The molecule has 0 radical (unpaired) electrons. The maximum absolute atomic E-state index is 10.6. The molecule has 0 amide bonds. The van der Waals surface area contributed by atoms with Gasteiger partial charge in [-0.1, -0.05) is 23.7 Å². The van der Waals surface area contributed by atoms with E-state index in [4.69, 9.17) is 11.6 Å². The van der Waals surface area contributed by atoms with E-state index in [1.54, 1.807) is 12.1 Å². The molecule has 1 aromatic rings. The lowest BCUT2D eigenvalue weighted by atomic mass is 10.2. The first-order valence-corrected chi connectivity index (χ1v) is 6.26. The quantitative estimate of drug-likeness (QED) is 0.747. The fourth-order valence-corrected chi connectivity index (χ4v) is 1.47. The summed E-state index contributed by atoms with van der Waals surface area (Å²) in [6, 6.07) is 7.20. The summed E-state index contributed by atoms with van der Waals surface area (Å²) >= 11 is 5.69. The molecule has 5 heteroatoms. The molecule has 3 nitrogen and oxygen atoms in total. The number of hydrogen-bond acceptors (Lipinski definition) is 3. The van der Waals surface area contributed by atoms with Gasteiger partial charge in [0.1, 0.15) is 0 Å². The van der Waals surface area contributed by atoms with Crippen LogP contribution in [0.25, 0.3) is 0 Å². The van der Waals surface area contributed by atoms with Gasteiger partial charge in [0, 0.05) is 5.02 Å². The Kier molecular flexibility index (Phi) is 3.92. The highest BCUT2D eigenvalue weighted by Crippen LogP contribution is 2.10. The number of hydrogen-bond donors (Lipinski definition) is 0. The number of halogens is 1. The first-order valence-electron chi connectivity index (χ1n) is 4.06. The second-order valence-corrected chi connectivity index (χ2v) is 4.98. The molecule has 0 aliphatic rings. The molecule has 78 valence electrons. The molecule has 0 unspecified atom stereocenters. The highest BCUT2D eigenvalue weighted by atomic mass is 35.5. The Morgan fingerprint density at radius 2 is 1.86 bits per heavy atom. The Bertz CT molecular complexity index is 383. The molecular formula is C9H11ClO3S. The van der Waals surface area contributed by atoms with Crippen molar-refractivity contribution in [2.24, 2.45) is 0 Å². The van der Waals surface area contributed by atoms with Crippen molar-refractivity contribution in [2.45, 2.75) is 6.42 Å². The lowest BCUT2D eigenvalue weighted by Crippen LogP contribution is -2.06.